The molecule has 4 N–H and O–H groups in total. The van der Waals surface area contributed by atoms with Gasteiger partial charge in [-0.1, -0.05) is 43.5 Å². The number of aliphatic imine (C=N–C) groups is 1. The number of alkyl carbamates (subject to hydrolysis) is 1. The number of amides is 5. The van der Waals surface area contributed by atoms with E-state index in [4.69, 9.17) is 62.7 Å². The van der Waals surface area contributed by atoms with Crippen LogP contribution in [0.2, 0.25) is 0 Å². The second-order valence-electron chi connectivity index (χ2n) is 16.8. The van der Waals surface area contributed by atoms with Crippen LogP contribution in [-0.2, 0) is 76.1 Å². The number of nitrogens with zero attached hydrogens (tertiary/aromatic N) is 4. The zero-order valence-electron chi connectivity index (χ0n) is 45.9. The fraction of sp³-hybridized carbons (Fsp3) is 0.692. The molecule has 2 heterocycles. The summed E-state index contributed by atoms with van der Waals surface area (Å²) in [6, 6.07) is 7.45. The summed E-state index contributed by atoms with van der Waals surface area (Å²) in [7, 11) is 4.04. The zero-order valence-corrected chi connectivity index (χ0v) is 46.7. The van der Waals surface area contributed by atoms with Crippen molar-refractivity contribution >= 4 is 59.3 Å². The fourth-order valence-electron chi connectivity index (χ4n) is 6.43. The second kappa shape index (κ2) is 47.4. The lowest BCUT2D eigenvalue weighted by atomic mass is 10.1. The monoisotopic (exact) mass is 1110 g/mol. The van der Waals surface area contributed by atoms with Gasteiger partial charge in [-0.25, -0.2) is 14.9 Å². The van der Waals surface area contributed by atoms with E-state index in [1.807, 2.05) is 55.8 Å². The SMILES string of the molecule is CCCN(OCCNC(=O)OCCOCCOCCOCCOCCOCCOCCOCCOCCOCCOCCNC(=O)CCCCCN1C(=O)C=CC1=O)C(=O)C1=Cc2ccccc2N=C(N)C1.CSN(C)C. The van der Waals surface area contributed by atoms with E-state index in [0.29, 0.717) is 188 Å². The van der Waals surface area contributed by atoms with Crippen LogP contribution in [-0.4, -0.2) is 242 Å². The Bertz CT molecular complexity index is 1830. The third-order valence-electron chi connectivity index (χ3n) is 10.4. The molecule has 0 radical (unpaired) electrons. The summed E-state index contributed by atoms with van der Waals surface area (Å²) < 4.78 is 62.0. The number of hydrogen-bond acceptors (Lipinski definition) is 21. The van der Waals surface area contributed by atoms with Crippen LogP contribution in [0.3, 0.4) is 0 Å². The van der Waals surface area contributed by atoms with Crippen molar-refractivity contribution in [2.45, 2.75) is 45.4 Å². The smallest absolute Gasteiger partial charge is 0.407 e. The summed E-state index contributed by atoms with van der Waals surface area (Å²) in [6.45, 7) is 11.7. The van der Waals surface area contributed by atoms with Crippen molar-refractivity contribution in [3.63, 3.8) is 0 Å². The average Bonchev–Trinajstić information content (AvgIpc) is 3.63. The molecule has 25 heteroatoms. The normalized spacial score (nSPS) is 13.0. The number of nitrogens with two attached hydrogens (primary N) is 1. The molecule has 2 aliphatic rings. The van der Waals surface area contributed by atoms with E-state index in [0.717, 1.165) is 12.0 Å². The van der Waals surface area contributed by atoms with E-state index in [1.165, 1.54) is 22.1 Å². The number of amidine groups is 1. The molecule has 0 aromatic heterocycles. The predicted molar refractivity (Wildman–Crippen MR) is 290 cm³/mol. The summed E-state index contributed by atoms with van der Waals surface area (Å²) in [5.41, 5.74) is 8.04. The van der Waals surface area contributed by atoms with Gasteiger partial charge in [-0.05, 0) is 51.8 Å². The maximum Gasteiger partial charge on any atom is 0.407 e. The number of rotatable bonds is 47. The number of nitrogens with one attached hydrogen (secondary N) is 2. The molecule has 5 amide bonds. The largest absolute Gasteiger partial charge is 0.447 e. The highest BCUT2D eigenvalue weighted by Crippen LogP contribution is 2.27. The van der Waals surface area contributed by atoms with Gasteiger partial charge in [0.2, 0.25) is 5.91 Å². The van der Waals surface area contributed by atoms with Crippen molar-refractivity contribution in [1.82, 2.24) is 24.9 Å². The minimum absolute atomic E-state index is 0.0522. The lowest BCUT2D eigenvalue weighted by Crippen LogP contribution is -2.37. The molecule has 1 aromatic carbocycles. The Morgan fingerprint density at radius 3 is 1.57 bits per heavy atom. The van der Waals surface area contributed by atoms with E-state index in [1.54, 1.807) is 18.0 Å². The molecule has 1 aromatic rings. The van der Waals surface area contributed by atoms with Gasteiger partial charge in [0, 0.05) is 62.3 Å². The number of fused-ring (bicyclic) bond motifs is 1. The minimum atomic E-state index is -0.620. The van der Waals surface area contributed by atoms with Crippen LogP contribution < -0.4 is 16.4 Å². The van der Waals surface area contributed by atoms with Gasteiger partial charge in [-0.15, -0.1) is 0 Å². The molecule has 24 nitrogen and oxygen atoms in total. The molecule has 2 aliphatic heterocycles. The lowest BCUT2D eigenvalue weighted by molar-refractivity contribution is -0.181. The van der Waals surface area contributed by atoms with Crippen LogP contribution in [0.4, 0.5) is 10.5 Å². The third kappa shape index (κ3) is 37.0. The van der Waals surface area contributed by atoms with Gasteiger partial charge in [0.25, 0.3) is 17.7 Å². The highest BCUT2D eigenvalue weighted by atomic mass is 32.2. The third-order valence-corrected chi connectivity index (χ3v) is 11.1. The molecule has 0 aliphatic carbocycles. The molecule has 3 rings (SSSR count). The summed E-state index contributed by atoms with van der Waals surface area (Å²) in [5, 5.41) is 6.69. The van der Waals surface area contributed by atoms with Crippen molar-refractivity contribution in [3.05, 3.63) is 47.6 Å². The topological polar surface area (TPSA) is 268 Å². The molecule has 438 valence electrons. The Morgan fingerprint density at radius 2 is 1.09 bits per heavy atom. The van der Waals surface area contributed by atoms with E-state index >= 15 is 0 Å². The molecule has 0 saturated heterocycles. The van der Waals surface area contributed by atoms with E-state index in [9.17, 15) is 24.0 Å². The zero-order chi connectivity index (χ0) is 55.8. The highest BCUT2D eigenvalue weighted by Gasteiger charge is 2.23. The molecule has 0 spiro atoms. The Morgan fingerprint density at radius 1 is 0.636 bits per heavy atom. The van der Waals surface area contributed by atoms with Gasteiger partial charge in [-0.2, -0.15) is 0 Å². The first kappa shape index (κ1) is 68.5. The summed E-state index contributed by atoms with van der Waals surface area (Å²) in [6.07, 6.45) is 9.14. The fourth-order valence-corrected chi connectivity index (χ4v) is 6.43. The van der Waals surface area contributed by atoms with E-state index in [-0.39, 0.29) is 56.4 Å². The van der Waals surface area contributed by atoms with Gasteiger partial charge in [0.15, 0.2) is 0 Å². The van der Waals surface area contributed by atoms with Gasteiger partial charge < -0.3 is 68.5 Å². The number of hydrogen-bond donors (Lipinski definition) is 3. The van der Waals surface area contributed by atoms with Gasteiger partial charge >= 0.3 is 6.09 Å². The van der Waals surface area contributed by atoms with Crippen LogP contribution in [0.25, 0.3) is 6.08 Å². The number of unbranched alkanes of at least 4 members (excludes halogenated alkanes) is 2. The van der Waals surface area contributed by atoms with Crippen LogP contribution in [0.15, 0.2) is 47.0 Å². The Labute approximate surface area is 459 Å². The maximum atomic E-state index is 13.3. The standard InChI is InChI=1S/C49H78N6O17.C3H9NS/c1-2-15-55(48(59)42-39-41-8-5-6-9-43(41)53-44(50)40-42)72-18-14-52-49(60)71-38-37-70-36-35-69-34-33-68-32-31-67-30-29-66-28-27-65-26-25-64-24-23-63-22-21-62-20-19-61-17-13-51-45(56)10-4-3-7-16-54-46(57)11-12-47(54)58;1-4(2)5-3/h5-6,8-9,11-12,39H,2-4,7,10,13-38,40H2,1H3,(H2,50,53)(H,51,56)(H,52,60);1-3H3. The Balaban J connectivity index is 0.00000386. The quantitative estimate of drug-likeness (QED) is 0.0366. The number of imide groups is 1. The van der Waals surface area contributed by atoms with E-state index in [2.05, 4.69) is 15.6 Å². The summed E-state index contributed by atoms with van der Waals surface area (Å²) in [5.74, 6) is -0.571. The molecular formula is C52H87N7O17S. The number of para-hydroxylation sites is 1. The summed E-state index contributed by atoms with van der Waals surface area (Å²) in [4.78, 5) is 71.6. The van der Waals surface area contributed by atoms with Crippen LogP contribution in [0.5, 0.6) is 0 Å². The van der Waals surface area contributed by atoms with Crippen molar-refractivity contribution in [2.75, 3.05) is 192 Å². The molecule has 0 bridgehead atoms. The van der Waals surface area contributed by atoms with Crippen LogP contribution in [0, 0.1) is 0 Å². The molecule has 0 atom stereocenters. The number of carbonyl (C=O) groups is 5. The number of carbonyl (C=O) groups excluding carboxylic acids is 5. The van der Waals surface area contributed by atoms with Crippen molar-refractivity contribution in [2.24, 2.45) is 10.7 Å². The molecular weight excluding hydrogens is 1030 g/mol. The predicted octanol–water partition coefficient (Wildman–Crippen LogP) is 2.95. The number of benzene rings is 1. The summed E-state index contributed by atoms with van der Waals surface area (Å²) >= 11 is 1.71. The van der Waals surface area contributed by atoms with Crippen LogP contribution in [0.1, 0.15) is 51.0 Å². The van der Waals surface area contributed by atoms with Gasteiger partial charge in [0.1, 0.15) is 12.4 Å². The highest BCUT2D eigenvalue weighted by molar-refractivity contribution is 7.96. The van der Waals surface area contributed by atoms with Crippen molar-refractivity contribution < 1.29 is 80.9 Å². The van der Waals surface area contributed by atoms with Gasteiger partial charge in [0.05, 0.1) is 144 Å². The maximum absolute atomic E-state index is 13.3. The van der Waals surface area contributed by atoms with Crippen molar-refractivity contribution in [1.29, 1.82) is 0 Å². The molecule has 0 unspecified atom stereocenters. The average molecular weight is 1110 g/mol. The van der Waals surface area contributed by atoms with E-state index < -0.39 is 6.09 Å². The molecule has 0 fully saturated rings. The Kier molecular flexibility index (Phi) is 42.2. The number of hydroxylamine groups is 2. The first-order chi connectivity index (χ1) is 37.5. The molecule has 77 heavy (non-hydrogen) atoms. The second-order valence-corrected chi connectivity index (χ2v) is 17.8. The lowest BCUT2D eigenvalue weighted by Gasteiger charge is -2.22. The Hall–Kier alpha value is -4.61. The minimum Gasteiger partial charge on any atom is -0.447 e. The first-order valence-electron chi connectivity index (χ1n) is 26.3. The van der Waals surface area contributed by atoms with Crippen molar-refractivity contribution in [3.8, 4) is 0 Å². The molecule has 0 saturated carbocycles. The van der Waals surface area contributed by atoms with Crippen LogP contribution >= 0.6 is 11.9 Å². The first-order valence-corrected chi connectivity index (χ1v) is 27.5. The number of ether oxygens (including phenoxy) is 11. The van der Waals surface area contributed by atoms with Gasteiger partial charge in [-0.3, -0.25) is 33.2 Å².